The van der Waals surface area contributed by atoms with E-state index in [1.807, 2.05) is 27.0 Å². The molecule has 6 rings (SSSR count). The van der Waals surface area contributed by atoms with Crippen LogP contribution in [0.2, 0.25) is 5.02 Å². The van der Waals surface area contributed by atoms with Crippen molar-refractivity contribution < 1.29 is 23.8 Å². The Bertz CT molecular complexity index is 1540. The van der Waals surface area contributed by atoms with Gasteiger partial charge in [0.1, 0.15) is 22.6 Å². The maximum absolute atomic E-state index is 14.2. The molecule has 1 N–H and O–H groups in total. The molecule has 1 spiro atoms. The van der Waals surface area contributed by atoms with E-state index >= 15 is 0 Å². The Kier molecular flexibility index (Phi) is 5.85. The van der Waals surface area contributed by atoms with E-state index in [0.29, 0.717) is 60.3 Å². The number of hydrogen-bond donors (Lipinski definition) is 1. The molecule has 0 unspecified atom stereocenters. The maximum atomic E-state index is 14.2. The van der Waals surface area contributed by atoms with E-state index in [-0.39, 0.29) is 23.5 Å². The number of aromatic nitrogens is 2. The topological polar surface area (TPSA) is 92.9 Å². The molecular weight excluding hydrogens is 506 g/mol. The van der Waals surface area contributed by atoms with Gasteiger partial charge in [-0.05, 0) is 89.0 Å². The highest BCUT2D eigenvalue weighted by Gasteiger charge is 2.55. The number of pyridine rings is 1. The molecule has 38 heavy (non-hydrogen) atoms. The summed E-state index contributed by atoms with van der Waals surface area (Å²) < 4.78 is 8.83. The van der Waals surface area contributed by atoms with E-state index in [0.717, 1.165) is 24.0 Å². The highest BCUT2D eigenvalue weighted by Crippen LogP contribution is 2.47. The number of carbonyl (C=O) groups excluding carboxylic acids is 2. The number of aliphatic hydroxyl groups is 1. The predicted molar refractivity (Wildman–Crippen MR) is 143 cm³/mol. The highest BCUT2D eigenvalue weighted by atomic mass is 35.5. The second-order valence-electron chi connectivity index (χ2n) is 12.0. The number of carbonyl (C=O) groups is 2. The van der Waals surface area contributed by atoms with Crippen LogP contribution in [0.4, 0.5) is 4.79 Å². The fraction of sp³-hybridized carbons (Fsp3) is 0.517. The van der Waals surface area contributed by atoms with Gasteiger partial charge in [-0.2, -0.15) is 8.97 Å². The number of aliphatic hydroxyl groups excluding tert-OH is 1. The zero-order chi connectivity index (χ0) is 27.0. The second kappa shape index (κ2) is 8.78. The third-order valence-corrected chi connectivity index (χ3v) is 8.80. The van der Waals surface area contributed by atoms with Gasteiger partial charge in [0.05, 0.1) is 16.7 Å². The lowest BCUT2D eigenvalue weighted by atomic mass is 9.69. The Morgan fingerprint density at radius 3 is 2.47 bits per heavy atom. The smallest absolute Gasteiger partial charge is 0.410 e. The number of rotatable bonds is 1. The van der Waals surface area contributed by atoms with Crippen LogP contribution in [0.15, 0.2) is 35.3 Å². The molecule has 200 valence electrons. The number of piperidine rings is 1. The summed E-state index contributed by atoms with van der Waals surface area (Å²) in [5.74, 6) is 0.0691. The van der Waals surface area contributed by atoms with Crippen LogP contribution in [0.1, 0.15) is 81.1 Å². The van der Waals surface area contributed by atoms with E-state index < -0.39 is 17.1 Å². The van der Waals surface area contributed by atoms with Crippen LogP contribution in [0.5, 0.6) is 0 Å². The van der Waals surface area contributed by atoms with Crippen molar-refractivity contribution in [3.05, 3.63) is 57.0 Å². The molecule has 2 fully saturated rings. The molecule has 0 atom stereocenters. The zero-order valence-corrected chi connectivity index (χ0v) is 22.8. The van der Waals surface area contributed by atoms with Gasteiger partial charge in [0.15, 0.2) is 5.52 Å². The van der Waals surface area contributed by atoms with Crippen molar-refractivity contribution in [3.63, 3.8) is 0 Å². The second-order valence-corrected chi connectivity index (χ2v) is 12.4. The predicted octanol–water partition coefficient (Wildman–Crippen LogP) is 4.33. The van der Waals surface area contributed by atoms with Crippen LogP contribution in [0.3, 0.4) is 0 Å². The summed E-state index contributed by atoms with van der Waals surface area (Å²) in [5, 5.41) is 10.9. The van der Waals surface area contributed by atoms with Crippen LogP contribution in [0, 0.1) is 0 Å². The molecule has 0 radical (unpaired) electrons. The minimum absolute atomic E-state index is 0.0546. The largest absolute Gasteiger partial charge is 0.444 e. The number of amides is 1. The molecule has 9 heteroatoms. The van der Waals surface area contributed by atoms with E-state index in [1.165, 1.54) is 0 Å². The summed E-state index contributed by atoms with van der Waals surface area (Å²) in [7, 11) is 0. The summed E-state index contributed by atoms with van der Waals surface area (Å²) in [6, 6.07) is 7.33. The quantitative estimate of drug-likeness (QED) is 0.367. The van der Waals surface area contributed by atoms with Crippen molar-refractivity contribution in [1.29, 1.82) is 0 Å². The van der Waals surface area contributed by atoms with Gasteiger partial charge in [0, 0.05) is 13.1 Å². The molecule has 8 nitrogen and oxygen atoms in total. The zero-order valence-electron chi connectivity index (χ0n) is 22.0. The van der Waals surface area contributed by atoms with Gasteiger partial charge in [-0.15, -0.1) is 0 Å². The molecule has 1 aliphatic carbocycles. The fourth-order valence-corrected chi connectivity index (χ4v) is 6.80. The first kappa shape index (κ1) is 25.3. The standard InChI is InChI=1S/C29H33ClN3O5/c1-28(2,3)38-27(37)31-13-9-17(10-14-31)18-15-20-24-32(16-18)25(35)23-21(30)5-4-6-22(23)33(24)26(36)29(20)11-7-19(34)8-12-29/h4-6,15-17,19,34H,7-14H2,1-3H3/q+1. The first-order valence-electron chi connectivity index (χ1n) is 13.4. The highest BCUT2D eigenvalue weighted by molar-refractivity contribution is 6.35. The lowest BCUT2D eigenvalue weighted by molar-refractivity contribution is -0.530. The Morgan fingerprint density at radius 2 is 1.82 bits per heavy atom. The van der Waals surface area contributed by atoms with Crippen molar-refractivity contribution in [2.45, 2.75) is 82.3 Å². The normalized spacial score (nSPS) is 24.1. The Hall–Kier alpha value is -2.97. The van der Waals surface area contributed by atoms with Gasteiger partial charge in [-0.3, -0.25) is 0 Å². The number of fused-ring (bicyclic) bond motifs is 3. The van der Waals surface area contributed by atoms with Crippen molar-refractivity contribution in [3.8, 4) is 0 Å². The Morgan fingerprint density at radius 1 is 1.13 bits per heavy atom. The van der Waals surface area contributed by atoms with Crippen LogP contribution in [0.25, 0.3) is 16.6 Å². The maximum Gasteiger partial charge on any atom is 0.410 e. The third-order valence-electron chi connectivity index (χ3n) is 8.49. The van der Waals surface area contributed by atoms with E-state index in [2.05, 4.69) is 6.07 Å². The average molecular weight is 539 g/mol. The van der Waals surface area contributed by atoms with E-state index in [4.69, 9.17) is 16.3 Å². The molecule has 2 aliphatic heterocycles. The Labute approximate surface area is 225 Å². The number of likely N-dealkylation sites (tertiary alicyclic amines) is 1. The summed E-state index contributed by atoms with van der Waals surface area (Å²) in [5.41, 5.74) is 1.39. The first-order chi connectivity index (χ1) is 18.0. The van der Waals surface area contributed by atoms with Crippen molar-refractivity contribution >= 4 is 40.2 Å². The van der Waals surface area contributed by atoms with Gasteiger partial charge in [-0.1, -0.05) is 17.7 Å². The van der Waals surface area contributed by atoms with Crippen LogP contribution < -0.4 is 9.96 Å². The summed E-state index contributed by atoms with van der Waals surface area (Å²) >= 11 is 6.51. The summed E-state index contributed by atoms with van der Waals surface area (Å²) in [4.78, 5) is 42.3. The van der Waals surface area contributed by atoms with Crippen molar-refractivity contribution in [2.75, 3.05) is 13.1 Å². The molecule has 3 aromatic rings. The number of benzene rings is 1. The molecule has 3 aliphatic rings. The molecular formula is C29H33ClN3O5+. The molecule has 2 aromatic heterocycles. The van der Waals surface area contributed by atoms with Crippen LogP contribution in [-0.4, -0.2) is 51.4 Å². The van der Waals surface area contributed by atoms with E-state index in [1.54, 1.807) is 32.1 Å². The average Bonchev–Trinajstić information content (AvgIpc) is 3.11. The van der Waals surface area contributed by atoms with Crippen molar-refractivity contribution in [1.82, 2.24) is 9.47 Å². The minimum Gasteiger partial charge on any atom is -0.444 e. The molecule has 0 bridgehead atoms. The minimum atomic E-state index is -0.784. The number of ether oxygens (including phenoxy) is 1. The molecule has 1 saturated carbocycles. The molecule has 1 aromatic carbocycles. The fourth-order valence-electron chi connectivity index (χ4n) is 6.55. The third kappa shape index (κ3) is 3.83. The van der Waals surface area contributed by atoms with Crippen LogP contribution in [-0.2, 0) is 10.2 Å². The molecule has 4 heterocycles. The number of nitrogens with zero attached hydrogens (tertiary/aromatic N) is 3. The SMILES string of the molecule is CC(C)(C)OC(=O)N1CCC(c2cc3c4n(c5cccc(Cl)c5c(=O)[n+]4c2)C(=O)C32CCC(O)CC2)CC1. The Balaban J connectivity index is 1.47. The lowest BCUT2D eigenvalue weighted by Gasteiger charge is -2.34. The van der Waals surface area contributed by atoms with Gasteiger partial charge in [0.2, 0.25) is 0 Å². The number of halogens is 1. The van der Waals surface area contributed by atoms with Gasteiger partial charge in [-0.25, -0.2) is 14.4 Å². The van der Waals surface area contributed by atoms with Gasteiger partial charge >= 0.3 is 23.2 Å². The molecule has 1 amide bonds. The summed E-state index contributed by atoms with van der Waals surface area (Å²) in [6.45, 7) is 6.69. The lowest BCUT2D eigenvalue weighted by Crippen LogP contribution is -2.44. The van der Waals surface area contributed by atoms with Crippen LogP contribution >= 0.6 is 11.6 Å². The monoisotopic (exact) mass is 538 g/mol. The van der Waals surface area contributed by atoms with Gasteiger partial charge in [0.25, 0.3) is 0 Å². The summed E-state index contributed by atoms with van der Waals surface area (Å²) in [6.07, 6.45) is 4.71. The van der Waals surface area contributed by atoms with Crippen molar-refractivity contribution in [2.24, 2.45) is 0 Å². The first-order valence-corrected chi connectivity index (χ1v) is 13.8. The number of hydrogen-bond acceptors (Lipinski definition) is 5. The molecule has 1 saturated heterocycles. The van der Waals surface area contributed by atoms with Gasteiger partial charge < -0.3 is 14.7 Å². The van der Waals surface area contributed by atoms with E-state index in [9.17, 15) is 19.5 Å².